The summed E-state index contributed by atoms with van der Waals surface area (Å²) in [6.45, 7) is 6.32. The van der Waals surface area contributed by atoms with E-state index in [4.69, 9.17) is 9.47 Å². The number of likely N-dealkylation sites (N-methyl/N-ethyl adjacent to an activating group) is 1. The predicted molar refractivity (Wildman–Crippen MR) is 147 cm³/mol. The molecule has 0 spiro atoms. The zero-order valence-electron chi connectivity index (χ0n) is 22.3. The molecule has 4 rings (SSSR count). The molecule has 3 atom stereocenters. The number of methoxy groups -OCH3 is 1. The van der Waals surface area contributed by atoms with Gasteiger partial charge in [0.1, 0.15) is 5.75 Å². The van der Waals surface area contributed by atoms with Crippen LogP contribution in [0, 0.1) is 5.92 Å². The molecule has 3 aromatic carbocycles. The van der Waals surface area contributed by atoms with Crippen molar-refractivity contribution in [2.45, 2.75) is 39.1 Å². The molecule has 6 heteroatoms. The van der Waals surface area contributed by atoms with Gasteiger partial charge in [-0.1, -0.05) is 61.5 Å². The zero-order valence-corrected chi connectivity index (χ0v) is 22.3. The molecule has 0 fully saturated rings. The average Bonchev–Trinajstić information content (AvgIpc) is 2.94. The van der Waals surface area contributed by atoms with Gasteiger partial charge in [-0.05, 0) is 54.4 Å². The zero-order chi connectivity index (χ0) is 26.4. The number of fused-ring (bicyclic) bond motifs is 3. The van der Waals surface area contributed by atoms with Crippen LogP contribution in [0.25, 0.3) is 11.1 Å². The van der Waals surface area contributed by atoms with Crippen LogP contribution in [0.1, 0.15) is 35.3 Å². The van der Waals surface area contributed by atoms with Gasteiger partial charge in [0.2, 0.25) is 0 Å². The van der Waals surface area contributed by atoms with Crippen LogP contribution in [-0.2, 0) is 17.9 Å². The summed E-state index contributed by atoms with van der Waals surface area (Å²) in [5.74, 6) is 0.820. The molecule has 1 heterocycles. The van der Waals surface area contributed by atoms with Gasteiger partial charge in [0, 0.05) is 31.1 Å². The quantitative estimate of drug-likeness (QED) is 0.500. The lowest BCUT2D eigenvalue weighted by atomic mass is 9.94. The smallest absolute Gasteiger partial charge is 0.254 e. The van der Waals surface area contributed by atoms with E-state index in [2.05, 4.69) is 43.1 Å². The van der Waals surface area contributed by atoms with E-state index in [9.17, 15) is 9.90 Å². The molecule has 1 amide bonds. The van der Waals surface area contributed by atoms with Crippen molar-refractivity contribution in [2.75, 3.05) is 33.9 Å². The average molecular weight is 503 g/mol. The number of carbonyl (C=O) groups excluding carboxylic acids is 1. The molecule has 1 N–H and O–H groups in total. The molecule has 0 saturated heterocycles. The Morgan fingerprint density at radius 3 is 2.49 bits per heavy atom. The van der Waals surface area contributed by atoms with E-state index in [-0.39, 0.29) is 30.6 Å². The standard InChI is InChI=1S/C31H38N2O4/c1-22-17-33(23(2)20-34)31(35)29-15-8-7-14-28(29)27-13-6-5-11-25(27)21-37-30(22)19-32(3)18-24-10-9-12-26(16-24)36-4/h5-16,22-23,30,34H,17-21H2,1-4H3/t22-,23-,30-/m1/s1. The van der Waals surface area contributed by atoms with Crippen molar-refractivity contribution in [3.05, 3.63) is 89.5 Å². The molecule has 0 aromatic heterocycles. The normalized spacial score (nSPS) is 19.1. The maximum Gasteiger partial charge on any atom is 0.254 e. The van der Waals surface area contributed by atoms with Crippen molar-refractivity contribution < 1.29 is 19.4 Å². The first-order valence-corrected chi connectivity index (χ1v) is 12.9. The summed E-state index contributed by atoms with van der Waals surface area (Å²) in [6.07, 6.45) is -0.119. The molecule has 196 valence electrons. The Bertz CT molecular complexity index is 1200. The Balaban J connectivity index is 1.66. The second kappa shape index (κ2) is 12.4. The number of hydrogen-bond donors (Lipinski definition) is 1. The lowest BCUT2D eigenvalue weighted by Gasteiger charge is -2.35. The number of carbonyl (C=O) groups is 1. The summed E-state index contributed by atoms with van der Waals surface area (Å²) >= 11 is 0. The van der Waals surface area contributed by atoms with E-state index in [1.807, 2.05) is 55.5 Å². The number of benzene rings is 3. The molecule has 1 aliphatic rings. The molecule has 3 aromatic rings. The molecule has 0 aliphatic carbocycles. The highest BCUT2D eigenvalue weighted by Gasteiger charge is 2.30. The molecule has 1 aliphatic heterocycles. The third kappa shape index (κ3) is 6.39. The fourth-order valence-corrected chi connectivity index (χ4v) is 5.01. The van der Waals surface area contributed by atoms with E-state index in [1.165, 1.54) is 0 Å². The van der Waals surface area contributed by atoms with Crippen molar-refractivity contribution >= 4 is 5.91 Å². The number of aliphatic hydroxyl groups excluding tert-OH is 1. The van der Waals surface area contributed by atoms with Gasteiger partial charge in [0.25, 0.3) is 5.91 Å². The molecule has 0 saturated carbocycles. The van der Waals surface area contributed by atoms with Crippen LogP contribution in [0.4, 0.5) is 0 Å². The molecule has 0 bridgehead atoms. The lowest BCUT2D eigenvalue weighted by Crippen LogP contribution is -2.47. The van der Waals surface area contributed by atoms with Gasteiger partial charge in [-0.2, -0.15) is 0 Å². The summed E-state index contributed by atoms with van der Waals surface area (Å²) in [7, 11) is 3.77. The van der Waals surface area contributed by atoms with Gasteiger partial charge in [-0.3, -0.25) is 9.69 Å². The third-order valence-electron chi connectivity index (χ3n) is 7.17. The van der Waals surface area contributed by atoms with Crippen LogP contribution in [0.2, 0.25) is 0 Å². The number of hydrogen-bond acceptors (Lipinski definition) is 5. The first-order valence-electron chi connectivity index (χ1n) is 12.9. The van der Waals surface area contributed by atoms with Gasteiger partial charge in [-0.25, -0.2) is 0 Å². The van der Waals surface area contributed by atoms with Crippen molar-refractivity contribution in [1.82, 2.24) is 9.80 Å². The van der Waals surface area contributed by atoms with Gasteiger partial charge in [0.15, 0.2) is 0 Å². The highest BCUT2D eigenvalue weighted by atomic mass is 16.5. The largest absolute Gasteiger partial charge is 0.497 e. The SMILES string of the molecule is COc1cccc(CN(C)C[C@H]2OCc3ccccc3-c3ccccc3C(=O)N([C@H](C)CO)C[C@H]2C)c1. The molecule has 37 heavy (non-hydrogen) atoms. The molecule has 6 nitrogen and oxygen atoms in total. The van der Waals surface area contributed by atoms with Crippen LogP contribution in [0.15, 0.2) is 72.8 Å². The predicted octanol–water partition coefficient (Wildman–Crippen LogP) is 4.85. The summed E-state index contributed by atoms with van der Waals surface area (Å²) in [4.78, 5) is 18.0. The van der Waals surface area contributed by atoms with E-state index >= 15 is 0 Å². The van der Waals surface area contributed by atoms with Crippen LogP contribution >= 0.6 is 0 Å². The first-order chi connectivity index (χ1) is 17.9. The summed E-state index contributed by atoms with van der Waals surface area (Å²) < 4.78 is 12.0. The highest BCUT2D eigenvalue weighted by molar-refractivity contribution is 6.01. The number of amides is 1. The van der Waals surface area contributed by atoms with E-state index in [1.54, 1.807) is 12.0 Å². The van der Waals surface area contributed by atoms with E-state index in [0.717, 1.165) is 34.5 Å². The molecular weight excluding hydrogens is 464 g/mol. The highest BCUT2D eigenvalue weighted by Crippen LogP contribution is 2.31. The van der Waals surface area contributed by atoms with Crippen LogP contribution < -0.4 is 4.74 Å². The van der Waals surface area contributed by atoms with Gasteiger partial charge >= 0.3 is 0 Å². The van der Waals surface area contributed by atoms with Gasteiger partial charge in [-0.15, -0.1) is 0 Å². The Hall–Kier alpha value is -3.19. The van der Waals surface area contributed by atoms with E-state index < -0.39 is 0 Å². The van der Waals surface area contributed by atoms with Crippen LogP contribution in [-0.4, -0.2) is 66.8 Å². The van der Waals surface area contributed by atoms with Crippen molar-refractivity contribution in [2.24, 2.45) is 5.92 Å². The number of ether oxygens (including phenoxy) is 2. The fraction of sp³-hybridized carbons (Fsp3) is 0.387. The van der Waals surface area contributed by atoms with Crippen LogP contribution in [0.3, 0.4) is 0 Å². The third-order valence-corrected chi connectivity index (χ3v) is 7.17. The topological polar surface area (TPSA) is 62.2 Å². The Labute approximate surface area is 220 Å². The van der Waals surface area contributed by atoms with Crippen molar-refractivity contribution in [3.8, 4) is 16.9 Å². The Kier molecular flexibility index (Phi) is 8.98. The monoisotopic (exact) mass is 502 g/mol. The van der Waals surface area contributed by atoms with Crippen molar-refractivity contribution in [1.29, 1.82) is 0 Å². The van der Waals surface area contributed by atoms with Crippen molar-refractivity contribution in [3.63, 3.8) is 0 Å². The van der Waals surface area contributed by atoms with Crippen LogP contribution in [0.5, 0.6) is 5.75 Å². The second-order valence-corrected chi connectivity index (χ2v) is 10.1. The summed E-state index contributed by atoms with van der Waals surface area (Å²) in [5, 5.41) is 10.0. The summed E-state index contributed by atoms with van der Waals surface area (Å²) in [6, 6.07) is 23.7. The fourth-order valence-electron chi connectivity index (χ4n) is 5.01. The maximum atomic E-state index is 13.9. The molecule has 0 unspecified atom stereocenters. The van der Waals surface area contributed by atoms with Gasteiger partial charge < -0.3 is 19.5 Å². The second-order valence-electron chi connectivity index (χ2n) is 10.1. The minimum absolute atomic E-state index is 0.0446. The minimum atomic E-state index is -0.311. The minimum Gasteiger partial charge on any atom is -0.497 e. The molecule has 0 radical (unpaired) electrons. The maximum absolute atomic E-state index is 13.9. The lowest BCUT2D eigenvalue weighted by molar-refractivity contribution is -0.0241. The molecular formula is C31H38N2O4. The first kappa shape index (κ1) is 26.9. The van der Waals surface area contributed by atoms with E-state index in [0.29, 0.717) is 25.3 Å². The number of nitrogens with zero attached hydrogens (tertiary/aromatic N) is 2. The Morgan fingerprint density at radius 2 is 1.76 bits per heavy atom. The summed E-state index contributed by atoms with van der Waals surface area (Å²) in [5.41, 5.74) is 4.76. The Morgan fingerprint density at radius 1 is 1.05 bits per heavy atom. The number of rotatable bonds is 7. The van der Waals surface area contributed by atoms with Gasteiger partial charge in [0.05, 0.1) is 32.5 Å². The number of aliphatic hydroxyl groups is 1.